The van der Waals surface area contributed by atoms with Gasteiger partial charge in [-0.25, -0.2) is 4.98 Å². The van der Waals surface area contributed by atoms with E-state index in [0.717, 1.165) is 35.0 Å². The predicted molar refractivity (Wildman–Crippen MR) is 89.2 cm³/mol. The fraction of sp³-hybridized carbons (Fsp3) is 0.625. The molecule has 0 amide bonds. The summed E-state index contributed by atoms with van der Waals surface area (Å²) in [6.07, 6.45) is 7.02. The van der Waals surface area contributed by atoms with E-state index in [1.165, 1.54) is 44.0 Å². The van der Waals surface area contributed by atoms with Crippen molar-refractivity contribution in [2.45, 2.75) is 32.1 Å². The average molecular weight is 302 g/mol. The molecule has 21 heavy (non-hydrogen) atoms. The summed E-state index contributed by atoms with van der Waals surface area (Å²) in [7, 11) is 1.89. The van der Waals surface area contributed by atoms with E-state index in [2.05, 4.69) is 26.6 Å². The normalized spacial score (nSPS) is 25.9. The maximum Gasteiger partial charge on any atom is 0.225 e. The van der Waals surface area contributed by atoms with Crippen molar-refractivity contribution in [2.24, 2.45) is 11.8 Å². The fourth-order valence-corrected chi connectivity index (χ4v) is 4.74. The fourth-order valence-electron chi connectivity index (χ4n) is 3.99. The van der Waals surface area contributed by atoms with Gasteiger partial charge >= 0.3 is 0 Å². The Bertz CT molecular complexity index is 638. The number of hydrogen-bond donors (Lipinski definition) is 1. The minimum absolute atomic E-state index is 0.741. The third-order valence-electron chi connectivity index (χ3n) is 5.12. The third kappa shape index (κ3) is 2.37. The first-order chi connectivity index (χ1) is 10.3. The van der Waals surface area contributed by atoms with E-state index >= 15 is 0 Å². The SMILES string of the molecule is CNc1nc(N2CCC3CCCCC3C2)c2ccsc2n1. The molecule has 1 saturated heterocycles. The largest absolute Gasteiger partial charge is 0.357 e. The topological polar surface area (TPSA) is 41.1 Å². The minimum atomic E-state index is 0.741. The molecule has 1 saturated carbocycles. The molecule has 1 N–H and O–H groups in total. The summed E-state index contributed by atoms with van der Waals surface area (Å²) in [5.74, 6) is 3.70. The molecule has 4 rings (SSSR count). The highest BCUT2D eigenvalue weighted by molar-refractivity contribution is 7.16. The van der Waals surface area contributed by atoms with E-state index in [1.54, 1.807) is 11.3 Å². The van der Waals surface area contributed by atoms with Crippen LogP contribution in [0.1, 0.15) is 32.1 Å². The maximum absolute atomic E-state index is 4.76. The number of thiophene rings is 1. The maximum atomic E-state index is 4.76. The van der Waals surface area contributed by atoms with Gasteiger partial charge in [0.05, 0.1) is 5.39 Å². The molecule has 0 aromatic carbocycles. The van der Waals surface area contributed by atoms with Crippen LogP contribution in [0.25, 0.3) is 10.2 Å². The van der Waals surface area contributed by atoms with E-state index < -0.39 is 0 Å². The minimum Gasteiger partial charge on any atom is -0.357 e. The van der Waals surface area contributed by atoms with Gasteiger partial charge in [0.25, 0.3) is 0 Å². The molecule has 0 bridgehead atoms. The van der Waals surface area contributed by atoms with E-state index in [0.29, 0.717) is 0 Å². The summed E-state index contributed by atoms with van der Waals surface area (Å²) in [4.78, 5) is 12.9. The molecule has 1 aliphatic heterocycles. The second-order valence-electron chi connectivity index (χ2n) is 6.30. The molecule has 2 aromatic rings. The van der Waals surface area contributed by atoms with Crippen molar-refractivity contribution in [3.05, 3.63) is 11.4 Å². The van der Waals surface area contributed by atoms with E-state index in [9.17, 15) is 0 Å². The van der Waals surface area contributed by atoms with Crippen LogP contribution in [0.15, 0.2) is 11.4 Å². The lowest BCUT2D eigenvalue weighted by molar-refractivity contribution is 0.202. The van der Waals surface area contributed by atoms with Crippen LogP contribution in [0.2, 0.25) is 0 Å². The van der Waals surface area contributed by atoms with Crippen LogP contribution < -0.4 is 10.2 Å². The van der Waals surface area contributed by atoms with Crippen LogP contribution in [0.3, 0.4) is 0 Å². The first-order valence-corrected chi connectivity index (χ1v) is 8.91. The molecule has 1 aliphatic carbocycles. The molecule has 2 fully saturated rings. The zero-order valence-electron chi connectivity index (χ0n) is 12.5. The Morgan fingerprint density at radius 1 is 1.19 bits per heavy atom. The Morgan fingerprint density at radius 3 is 2.90 bits per heavy atom. The van der Waals surface area contributed by atoms with Crippen LogP contribution >= 0.6 is 11.3 Å². The second-order valence-corrected chi connectivity index (χ2v) is 7.19. The third-order valence-corrected chi connectivity index (χ3v) is 5.93. The second kappa shape index (κ2) is 5.44. The number of fused-ring (bicyclic) bond motifs is 2. The van der Waals surface area contributed by atoms with E-state index in [4.69, 9.17) is 4.98 Å². The summed E-state index contributed by atoms with van der Waals surface area (Å²) >= 11 is 1.70. The lowest BCUT2D eigenvalue weighted by atomic mass is 9.75. The van der Waals surface area contributed by atoms with Gasteiger partial charge in [0.15, 0.2) is 0 Å². The van der Waals surface area contributed by atoms with Gasteiger partial charge in [0, 0.05) is 20.1 Å². The predicted octanol–water partition coefficient (Wildman–Crippen LogP) is 3.75. The molecular weight excluding hydrogens is 280 g/mol. The first kappa shape index (κ1) is 13.3. The van der Waals surface area contributed by atoms with Gasteiger partial charge < -0.3 is 10.2 Å². The van der Waals surface area contributed by atoms with Crippen molar-refractivity contribution in [1.29, 1.82) is 0 Å². The molecule has 3 heterocycles. The highest BCUT2D eigenvalue weighted by Crippen LogP contribution is 2.39. The van der Waals surface area contributed by atoms with Crippen LogP contribution in [0.4, 0.5) is 11.8 Å². The molecular formula is C16H22N4S. The van der Waals surface area contributed by atoms with Crippen LogP contribution in [-0.2, 0) is 0 Å². The van der Waals surface area contributed by atoms with Crippen molar-refractivity contribution in [3.63, 3.8) is 0 Å². The van der Waals surface area contributed by atoms with Crippen molar-refractivity contribution in [3.8, 4) is 0 Å². The van der Waals surface area contributed by atoms with Crippen LogP contribution in [0, 0.1) is 11.8 Å². The Morgan fingerprint density at radius 2 is 2.05 bits per heavy atom. The van der Waals surface area contributed by atoms with Gasteiger partial charge in [-0.05, 0) is 36.1 Å². The lowest BCUT2D eigenvalue weighted by Crippen LogP contribution is -2.42. The Kier molecular flexibility index (Phi) is 3.45. The zero-order valence-corrected chi connectivity index (χ0v) is 13.3. The van der Waals surface area contributed by atoms with Crippen molar-refractivity contribution in [2.75, 3.05) is 30.4 Å². The number of hydrogen-bond acceptors (Lipinski definition) is 5. The van der Waals surface area contributed by atoms with Gasteiger partial charge in [0.1, 0.15) is 10.6 Å². The van der Waals surface area contributed by atoms with Gasteiger partial charge in [-0.3, -0.25) is 0 Å². The summed E-state index contributed by atoms with van der Waals surface area (Å²) in [6, 6.07) is 2.17. The van der Waals surface area contributed by atoms with Gasteiger partial charge in [-0.1, -0.05) is 19.3 Å². The standard InChI is InChI=1S/C16H22N4S/c1-17-16-18-14(13-7-9-21-15(13)19-16)20-8-6-11-4-2-3-5-12(11)10-20/h7,9,11-12H,2-6,8,10H2,1H3,(H,17,18,19). The molecule has 2 aromatic heterocycles. The van der Waals surface area contributed by atoms with E-state index in [1.807, 2.05) is 7.05 Å². The molecule has 2 unspecified atom stereocenters. The molecule has 0 radical (unpaired) electrons. The summed E-state index contributed by atoms with van der Waals surface area (Å²) in [6.45, 7) is 2.32. The lowest BCUT2D eigenvalue weighted by Gasteiger charge is -2.42. The molecule has 0 spiro atoms. The van der Waals surface area contributed by atoms with Gasteiger partial charge in [-0.2, -0.15) is 4.98 Å². The molecule has 112 valence electrons. The number of nitrogens with zero attached hydrogens (tertiary/aromatic N) is 3. The number of anilines is 2. The van der Waals surface area contributed by atoms with Crippen molar-refractivity contribution in [1.82, 2.24) is 9.97 Å². The summed E-state index contributed by atoms with van der Waals surface area (Å²) in [5.41, 5.74) is 0. The highest BCUT2D eigenvalue weighted by Gasteiger charge is 2.32. The number of piperidine rings is 1. The van der Waals surface area contributed by atoms with Gasteiger partial charge in [0.2, 0.25) is 5.95 Å². The number of rotatable bonds is 2. The van der Waals surface area contributed by atoms with Crippen LogP contribution in [-0.4, -0.2) is 30.1 Å². The van der Waals surface area contributed by atoms with Crippen LogP contribution in [0.5, 0.6) is 0 Å². The number of nitrogens with one attached hydrogen (secondary N) is 1. The van der Waals surface area contributed by atoms with Gasteiger partial charge in [-0.15, -0.1) is 11.3 Å². The summed E-state index contributed by atoms with van der Waals surface area (Å²) < 4.78 is 0. The highest BCUT2D eigenvalue weighted by atomic mass is 32.1. The first-order valence-electron chi connectivity index (χ1n) is 8.03. The molecule has 2 atom stereocenters. The Labute approximate surface area is 129 Å². The van der Waals surface area contributed by atoms with Crippen molar-refractivity contribution >= 4 is 33.3 Å². The molecule has 2 aliphatic rings. The Balaban J connectivity index is 1.67. The number of aromatic nitrogens is 2. The zero-order chi connectivity index (χ0) is 14.2. The average Bonchev–Trinajstić information content (AvgIpc) is 3.01. The Hall–Kier alpha value is -1.36. The smallest absolute Gasteiger partial charge is 0.225 e. The quantitative estimate of drug-likeness (QED) is 0.917. The van der Waals surface area contributed by atoms with Crippen molar-refractivity contribution < 1.29 is 0 Å². The molecule has 5 heteroatoms. The monoisotopic (exact) mass is 302 g/mol. The summed E-state index contributed by atoms with van der Waals surface area (Å²) in [5, 5.41) is 6.44. The van der Waals surface area contributed by atoms with E-state index in [-0.39, 0.29) is 0 Å². The molecule has 4 nitrogen and oxygen atoms in total.